The molecule has 2 N–H and O–H groups in total. The first-order valence-electron chi connectivity index (χ1n) is 7.74. The molecule has 0 saturated heterocycles. The summed E-state index contributed by atoms with van der Waals surface area (Å²) >= 11 is 0. The number of rotatable bonds is 2. The number of ether oxygens (including phenoxy) is 1. The van der Waals surface area contributed by atoms with Gasteiger partial charge >= 0.3 is 6.03 Å². The SMILES string of the molecule is CC.COc1cncc(-c2cnc3c(c2)CCCN3C(N)=O)c1. The molecule has 0 atom stereocenters. The van der Waals surface area contributed by atoms with Gasteiger partial charge in [-0.05, 0) is 30.5 Å². The van der Waals surface area contributed by atoms with Gasteiger partial charge in [-0.1, -0.05) is 13.8 Å². The molecule has 3 rings (SSSR count). The standard InChI is InChI=1S/C15H16N4O2.C2H6/c1-21-13-6-12(7-17-9-13)11-5-10-3-2-4-19(15(16)20)14(10)18-8-11;1-2/h5-9H,2-4H2,1H3,(H2,16,20);1-2H3. The van der Waals surface area contributed by atoms with Gasteiger partial charge in [0.2, 0.25) is 0 Å². The molecule has 6 heteroatoms. The van der Waals surface area contributed by atoms with Gasteiger partial charge < -0.3 is 10.5 Å². The third-order valence-corrected chi connectivity index (χ3v) is 3.57. The number of fused-ring (bicyclic) bond motifs is 1. The van der Waals surface area contributed by atoms with Crippen LogP contribution >= 0.6 is 0 Å². The summed E-state index contributed by atoms with van der Waals surface area (Å²) in [5.74, 6) is 1.36. The third kappa shape index (κ3) is 3.59. The fourth-order valence-electron chi connectivity index (χ4n) is 2.52. The molecule has 3 heterocycles. The number of nitrogens with two attached hydrogens (primary N) is 1. The number of hydrogen-bond acceptors (Lipinski definition) is 4. The molecule has 0 fully saturated rings. The lowest BCUT2D eigenvalue weighted by atomic mass is 10.0. The van der Waals surface area contributed by atoms with E-state index >= 15 is 0 Å². The van der Waals surface area contributed by atoms with Gasteiger partial charge in [-0.2, -0.15) is 0 Å². The molecule has 2 aromatic heterocycles. The number of pyridine rings is 2. The summed E-state index contributed by atoms with van der Waals surface area (Å²) in [6, 6.07) is 3.48. The molecule has 2 aromatic rings. The molecular weight excluding hydrogens is 292 g/mol. The number of carbonyl (C=O) groups is 1. The Morgan fingerprint density at radius 1 is 1.22 bits per heavy atom. The minimum absolute atomic E-state index is 0.459. The number of hydrogen-bond donors (Lipinski definition) is 1. The minimum atomic E-state index is -0.459. The zero-order chi connectivity index (χ0) is 16.8. The van der Waals surface area contributed by atoms with E-state index in [1.54, 1.807) is 25.7 Å². The molecule has 0 bridgehead atoms. The zero-order valence-corrected chi connectivity index (χ0v) is 13.7. The molecule has 23 heavy (non-hydrogen) atoms. The number of nitrogens with zero attached hydrogens (tertiary/aromatic N) is 3. The van der Waals surface area contributed by atoms with Gasteiger partial charge in [0, 0.05) is 30.1 Å². The van der Waals surface area contributed by atoms with E-state index < -0.39 is 6.03 Å². The lowest BCUT2D eigenvalue weighted by Crippen LogP contribution is -2.40. The third-order valence-electron chi connectivity index (χ3n) is 3.57. The van der Waals surface area contributed by atoms with Crippen LogP contribution in [0.15, 0.2) is 30.7 Å². The zero-order valence-electron chi connectivity index (χ0n) is 13.7. The van der Waals surface area contributed by atoms with Crippen LogP contribution in [0.5, 0.6) is 5.75 Å². The van der Waals surface area contributed by atoms with Gasteiger partial charge in [0.1, 0.15) is 11.6 Å². The van der Waals surface area contributed by atoms with Crippen molar-refractivity contribution >= 4 is 11.8 Å². The van der Waals surface area contributed by atoms with Crippen LogP contribution in [0.4, 0.5) is 10.6 Å². The molecular formula is C17H22N4O2. The number of primary amides is 1. The van der Waals surface area contributed by atoms with Crippen molar-refractivity contribution in [2.24, 2.45) is 5.73 Å². The normalized spacial score (nSPS) is 12.7. The van der Waals surface area contributed by atoms with Crippen molar-refractivity contribution in [1.29, 1.82) is 0 Å². The summed E-state index contributed by atoms with van der Waals surface area (Å²) in [7, 11) is 1.61. The highest BCUT2D eigenvalue weighted by Gasteiger charge is 2.22. The van der Waals surface area contributed by atoms with E-state index in [9.17, 15) is 4.79 Å². The molecule has 0 aliphatic carbocycles. The quantitative estimate of drug-likeness (QED) is 0.924. The van der Waals surface area contributed by atoms with Gasteiger partial charge in [0.25, 0.3) is 0 Å². The predicted octanol–water partition coefficient (Wildman–Crippen LogP) is 3.01. The number of anilines is 1. The van der Waals surface area contributed by atoms with Crippen LogP contribution in [-0.2, 0) is 6.42 Å². The Kier molecular flexibility index (Phi) is 5.51. The summed E-state index contributed by atoms with van der Waals surface area (Å²) in [5.41, 5.74) is 8.30. The Balaban J connectivity index is 0.000000924. The molecule has 0 aromatic carbocycles. The first-order chi connectivity index (χ1) is 11.2. The number of urea groups is 1. The average Bonchev–Trinajstić information content (AvgIpc) is 2.62. The number of aromatic nitrogens is 2. The maximum atomic E-state index is 11.4. The maximum Gasteiger partial charge on any atom is 0.320 e. The Hall–Kier alpha value is -2.63. The van der Waals surface area contributed by atoms with E-state index in [-0.39, 0.29) is 0 Å². The van der Waals surface area contributed by atoms with E-state index in [4.69, 9.17) is 10.5 Å². The first kappa shape index (κ1) is 16.7. The topological polar surface area (TPSA) is 81.3 Å². The van der Waals surface area contributed by atoms with E-state index in [1.807, 2.05) is 26.0 Å². The lowest BCUT2D eigenvalue weighted by Gasteiger charge is -2.26. The van der Waals surface area contributed by atoms with Crippen LogP contribution in [0.1, 0.15) is 25.8 Å². The van der Waals surface area contributed by atoms with Crippen LogP contribution in [0.2, 0.25) is 0 Å². The van der Waals surface area contributed by atoms with Gasteiger partial charge in [0.15, 0.2) is 0 Å². The maximum absolute atomic E-state index is 11.4. The van der Waals surface area contributed by atoms with Crippen molar-refractivity contribution in [2.45, 2.75) is 26.7 Å². The Bertz CT molecular complexity index is 688. The summed E-state index contributed by atoms with van der Waals surface area (Å²) in [4.78, 5) is 21.5. The fraction of sp³-hybridized carbons (Fsp3) is 0.353. The van der Waals surface area contributed by atoms with E-state index in [1.165, 1.54) is 4.90 Å². The lowest BCUT2D eigenvalue weighted by molar-refractivity contribution is 0.253. The van der Waals surface area contributed by atoms with E-state index in [0.717, 1.165) is 29.5 Å². The predicted molar refractivity (Wildman–Crippen MR) is 90.6 cm³/mol. The van der Waals surface area contributed by atoms with Gasteiger partial charge in [0.05, 0.1) is 13.3 Å². The number of aryl methyl sites for hydroxylation is 1. The average molecular weight is 314 g/mol. The smallest absolute Gasteiger partial charge is 0.320 e. The molecule has 0 radical (unpaired) electrons. The molecule has 1 aliphatic rings. The fourth-order valence-corrected chi connectivity index (χ4v) is 2.52. The van der Waals surface area contributed by atoms with Gasteiger partial charge in [-0.15, -0.1) is 0 Å². The number of methoxy groups -OCH3 is 1. The van der Waals surface area contributed by atoms with Crippen LogP contribution in [-0.4, -0.2) is 29.7 Å². The molecule has 0 saturated carbocycles. The van der Waals surface area contributed by atoms with E-state index in [0.29, 0.717) is 18.1 Å². The number of carbonyl (C=O) groups excluding carboxylic acids is 1. The Morgan fingerprint density at radius 3 is 2.65 bits per heavy atom. The highest BCUT2D eigenvalue weighted by molar-refractivity contribution is 5.91. The largest absolute Gasteiger partial charge is 0.495 e. The molecule has 6 nitrogen and oxygen atoms in total. The van der Waals surface area contributed by atoms with Gasteiger partial charge in [-0.3, -0.25) is 9.88 Å². The van der Waals surface area contributed by atoms with Crippen molar-refractivity contribution in [2.75, 3.05) is 18.6 Å². The van der Waals surface area contributed by atoms with Crippen LogP contribution < -0.4 is 15.4 Å². The summed E-state index contributed by atoms with van der Waals surface area (Å²) in [5, 5.41) is 0. The van der Waals surface area contributed by atoms with Crippen molar-refractivity contribution in [3.05, 3.63) is 36.3 Å². The summed E-state index contributed by atoms with van der Waals surface area (Å²) in [6.45, 7) is 4.62. The second-order valence-electron chi connectivity index (χ2n) is 4.91. The molecule has 122 valence electrons. The van der Waals surface area contributed by atoms with Crippen molar-refractivity contribution in [3.63, 3.8) is 0 Å². The van der Waals surface area contributed by atoms with Crippen LogP contribution in [0, 0.1) is 0 Å². The Morgan fingerprint density at radius 2 is 1.96 bits per heavy atom. The highest BCUT2D eigenvalue weighted by atomic mass is 16.5. The second kappa shape index (κ2) is 7.58. The van der Waals surface area contributed by atoms with Crippen molar-refractivity contribution < 1.29 is 9.53 Å². The minimum Gasteiger partial charge on any atom is -0.495 e. The monoisotopic (exact) mass is 314 g/mol. The van der Waals surface area contributed by atoms with Crippen molar-refractivity contribution in [3.8, 4) is 16.9 Å². The molecule has 0 unspecified atom stereocenters. The summed E-state index contributed by atoms with van der Waals surface area (Å²) in [6.07, 6.45) is 6.93. The molecule has 2 amide bonds. The molecule has 0 spiro atoms. The van der Waals surface area contributed by atoms with Gasteiger partial charge in [-0.25, -0.2) is 9.78 Å². The van der Waals surface area contributed by atoms with Crippen LogP contribution in [0.3, 0.4) is 0 Å². The summed E-state index contributed by atoms with van der Waals surface area (Å²) < 4.78 is 5.19. The second-order valence-corrected chi connectivity index (χ2v) is 4.91. The first-order valence-corrected chi connectivity index (χ1v) is 7.74. The molecule has 1 aliphatic heterocycles. The van der Waals surface area contributed by atoms with Crippen LogP contribution in [0.25, 0.3) is 11.1 Å². The van der Waals surface area contributed by atoms with E-state index in [2.05, 4.69) is 9.97 Å². The highest BCUT2D eigenvalue weighted by Crippen LogP contribution is 2.30. The number of amides is 2. The Labute approximate surface area is 136 Å². The van der Waals surface area contributed by atoms with Crippen molar-refractivity contribution in [1.82, 2.24) is 9.97 Å².